The minimum absolute atomic E-state index is 0.0197. The first-order valence-corrected chi connectivity index (χ1v) is 17.8. The fourth-order valence-electron chi connectivity index (χ4n) is 5.59. The Morgan fingerprint density at radius 1 is 0.667 bits per heavy atom. The summed E-state index contributed by atoms with van der Waals surface area (Å²) in [6.07, 6.45) is 17.0. The second-order valence-corrected chi connectivity index (χ2v) is 12.3. The van der Waals surface area contributed by atoms with Gasteiger partial charge in [-0.2, -0.15) is 0 Å². The maximum atomic E-state index is 11.7. The van der Waals surface area contributed by atoms with Crippen molar-refractivity contribution in [1.29, 1.82) is 0 Å². The van der Waals surface area contributed by atoms with Crippen molar-refractivity contribution in [2.75, 3.05) is 26.4 Å². The Morgan fingerprint density at radius 3 is 1.80 bits per heavy atom. The van der Waals surface area contributed by atoms with E-state index in [1.807, 2.05) is 48.5 Å². The highest BCUT2D eigenvalue weighted by atomic mass is 16.6. The molecule has 0 N–H and O–H groups in total. The summed E-state index contributed by atoms with van der Waals surface area (Å²) < 4.78 is 20.2. The molecule has 7 heteroatoms. The van der Waals surface area contributed by atoms with Gasteiger partial charge < -0.3 is 18.9 Å². The van der Waals surface area contributed by atoms with Crippen LogP contribution in [0.3, 0.4) is 0 Å². The summed E-state index contributed by atoms with van der Waals surface area (Å²) >= 11 is 0. The van der Waals surface area contributed by atoms with E-state index in [-0.39, 0.29) is 19.8 Å². The molecule has 1 aliphatic carbocycles. The average Bonchev–Trinajstić information content (AvgIpc) is 3.18. The van der Waals surface area contributed by atoms with Gasteiger partial charge in [0.2, 0.25) is 0 Å². The lowest BCUT2D eigenvalue weighted by Gasteiger charge is -2.27. The predicted octanol–water partition coefficient (Wildman–Crippen LogP) is 9.63. The zero-order chi connectivity index (χ0) is 36.7. The second kappa shape index (κ2) is 23.3. The van der Waals surface area contributed by atoms with E-state index in [0.717, 1.165) is 46.4 Å². The van der Waals surface area contributed by atoms with Gasteiger partial charge in [-0.1, -0.05) is 93.2 Å². The van der Waals surface area contributed by atoms with Crippen molar-refractivity contribution >= 4 is 24.0 Å². The summed E-state index contributed by atoms with van der Waals surface area (Å²) in [5.41, 5.74) is 5.93. The van der Waals surface area contributed by atoms with Crippen molar-refractivity contribution in [3.8, 4) is 16.9 Å². The topological polar surface area (TPSA) is 88.1 Å². The van der Waals surface area contributed by atoms with Crippen molar-refractivity contribution in [3.05, 3.63) is 134 Å². The number of carbonyl (C=O) groups is 3. The fraction of sp³-hybridized carbons (Fsp3) is 0.341. The summed E-state index contributed by atoms with van der Waals surface area (Å²) in [4.78, 5) is 33.5. The molecule has 3 aromatic carbocycles. The molecule has 0 saturated heterocycles. The molecule has 0 bridgehead atoms. The Kier molecular flexibility index (Phi) is 18.4. The molecular formula is C44H52O7. The third-order valence-corrected chi connectivity index (χ3v) is 8.59. The Hall–Kier alpha value is -5.17. The molecule has 7 nitrogen and oxygen atoms in total. The molecule has 0 spiro atoms. The highest BCUT2D eigenvalue weighted by Gasteiger charge is 2.20. The molecule has 0 radical (unpaired) electrons. The zero-order valence-corrected chi connectivity index (χ0v) is 29.9. The van der Waals surface area contributed by atoms with E-state index in [9.17, 15) is 14.4 Å². The average molecular weight is 693 g/mol. The van der Waals surface area contributed by atoms with Crippen LogP contribution in [0.25, 0.3) is 17.2 Å². The first-order chi connectivity index (χ1) is 24.8. The molecule has 0 aliphatic heterocycles. The molecule has 1 aliphatic rings. The van der Waals surface area contributed by atoms with Gasteiger partial charge in [0.1, 0.15) is 19.0 Å². The number of benzene rings is 3. The van der Waals surface area contributed by atoms with Crippen LogP contribution in [0.15, 0.2) is 117 Å². The highest BCUT2D eigenvalue weighted by molar-refractivity contribution is 5.87. The van der Waals surface area contributed by atoms with E-state index in [0.29, 0.717) is 13.0 Å². The van der Waals surface area contributed by atoms with Gasteiger partial charge in [-0.3, -0.25) is 0 Å². The van der Waals surface area contributed by atoms with Crippen LogP contribution in [0.2, 0.25) is 0 Å². The van der Waals surface area contributed by atoms with E-state index in [2.05, 4.69) is 57.0 Å². The molecule has 270 valence electrons. The van der Waals surface area contributed by atoms with E-state index in [1.165, 1.54) is 56.6 Å². The van der Waals surface area contributed by atoms with Crippen LogP contribution in [0.4, 0.5) is 0 Å². The third-order valence-electron chi connectivity index (χ3n) is 8.59. The predicted molar refractivity (Wildman–Crippen MR) is 204 cm³/mol. The lowest BCUT2D eigenvalue weighted by atomic mass is 9.78. The van der Waals surface area contributed by atoms with Crippen LogP contribution in [-0.2, 0) is 35.0 Å². The highest BCUT2D eigenvalue weighted by Crippen LogP contribution is 2.36. The molecule has 3 aromatic rings. The second-order valence-electron chi connectivity index (χ2n) is 12.3. The monoisotopic (exact) mass is 692 g/mol. The molecule has 0 heterocycles. The number of esters is 3. The number of ether oxygens (including phenoxy) is 4. The Balaban J connectivity index is 0.000000327. The van der Waals surface area contributed by atoms with E-state index in [4.69, 9.17) is 18.9 Å². The Morgan fingerprint density at radius 2 is 1.24 bits per heavy atom. The van der Waals surface area contributed by atoms with Crippen molar-refractivity contribution in [3.63, 3.8) is 0 Å². The lowest BCUT2D eigenvalue weighted by Crippen LogP contribution is -2.11. The van der Waals surface area contributed by atoms with Crippen LogP contribution in [0.1, 0.15) is 74.5 Å². The normalized spacial score (nSPS) is 15.1. The van der Waals surface area contributed by atoms with Gasteiger partial charge in [-0.25, -0.2) is 14.4 Å². The Labute approximate surface area is 303 Å². The molecular weight excluding hydrogens is 640 g/mol. The first kappa shape index (κ1) is 40.3. The molecule has 51 heavy (non-hydrogen) atoms. The molecule has 4 rings (SSSR count). The van der Waals surface area contributed by atoms with Gasteiger partial charge in [-0.15, -0.1) is 6.58 Å². The lowest BCUT2D eigenvalue weighted by molar-refractivity contribution is -0.145. The molecule has 1 saturated carbocycles. The zero-order valence-electron chi connectivity index (χ0n) is 29.9. The van der Waals surface area contributed by atoms with Crippen molar-refractivity contribution in [2.24, 2.45) is 5.92 Å². The van der Waals surface area contributed by atoms with Gasteiger partial charge in [-0.05, 0) is 96.4 Å². The summed E-state index contributed by atoms with van der Waals surface area (Å²) in [5, 5.41) is 0. The molecule has 0 aromatic heterocycles. The minimum atomic E-state index is -0.562. The Bertz CT molecular complexity index is 1540. The quantitative estimate of drug-likeness (QED) is 0.0431. The van der Waals surface area contributed by atoms with Crippen LogP contribution < -0.4 is 4.74 Å². The van der Waals surface area contributed by atoms with Gasteiger partial charge in [0.15, 0.2) is 0 Å². The van der Waals surface area contributed by atoms with Gasteiger partial charge >= 0.3 is 17.9 Å². The van der Waals surface area contributed by atoms with Crippen LogP contribution in [0, 0.1) is 5.92 Å². The van der Waals surface area contributed by atoms with Gasteiger partial charge in [0.25, 0.3) is 0 Å². The third kappa shape index (κ3) is 15.5. The van der Waals surface area contributed by atoms with Crippen molar-refractivity contribution in [1.82, 2.24) is 0 Å². The standard InChI is InChI=1S/C26H26O7.C18H26/c1-3-24(27)31-17-5-16-30-23-13-11-22(12-14-23)21-9-6-20(7-10-21)8-15-26(29)33-19-18-32-25(28)4-2;1-3-5-6-16-9-13-18(14-10-16)17-11-7-15(4-2)8-12-17/h3-4,6-15H,1-2,5,16-19H2;4,9-10,13-15,17H,2-3,5-8,11-12H2,1H3/b15-8+;. The SMILES string of the molecule is C=CC(=O)OCCCOc1ccc(-c2ccc(/C=C/C(=O)OCCOC(=O)C=C)cc2)cc1.C=CC1CCC(c2ccc(CCCC)cc2)CC1. The summed E-state index contributed by atoms with van der Waals surface area (Å²) in [5.74, 6) is 0.762. The number of hydrogen-bond acceptors (Lipinski definition) is 7. The van der Waals surface area contributed by atoms with Crippen molar-refractivity contribution < 1.29 is 33.3 Å². The molecule has 0 atom stereocenters. The number of rotatable bonds is 18. The van der Waals surface area contributed by atoms with Crippen LogP contribution >= 0.6 is 0 Å². The van der Waals surface area contributed by atoms with Crippen LogP contribution in [0.5, 0.6) is 5.75 Å². The summed E-state index contributed by atoms with van der Waals surface area (Å²) in [7, 11) is 0. The fourth-order valence-corrected chi connectivity index (χ4v) is 5.59. The number of unbranched alkanes of at least 4 members (excludes halogenated alkanes) is 1. The van der Waals surface area contributed by atoms with Gasteiger partial charge in [0.05, 0.1) is 13.2 Å². The number of hydrogen-bond donors (Lipinski definition) is 0. The van der Waals surface area contributed by atoms with Crippen LogP contribution in [-0.4, -0.2) is 44.3 Å². The first-order valence-electron chi connectivity index (χ1n) is 17.8. The maximum absolute atomic E-state index is 11.7. The minimum Gasteiger partial charge on any atom is -0.493 e. The summed E-state index contributed by atoms with van der Waals surface area (Å²) in [6.45, 7) is 13.5. The molecule has 1 fully saturated rings. The smallest absolute Gasteiger partial charge is 0.330 e. The van der Waals surface area contributed by atoms with E-state index < -0.39 is 17.9 Å². The number of allylic oxidation sites excluding steroid dienone is 1. The molecule has 0 unspecified atom stereocenters. The van der Waals surface area contributed by atoms with E-state index in [1.54, 1.807) is 11.6 Å². The largest absolute Gasteiger partial charge is 0.493 e. The summed E-state index contributed by atoms with van der Waals surface area (Å²) in [6, 6.07) is 24.7. The maximum Gasteiger partial charge on any atom is 0.330 e. The van der Waals surface area contributed by atoms with Gasteiger partial charge in [0, 0.05) is 24.6 Å². The molecule has 0 amide bonds. The number of aryl methyl sites for hydroxylation is 1. The number of carbonyl (C=O) groups excluding carboxylic acids is 3. The van der Waals surface area contributed by atoms with E-state index >= 15 is 0 Å². The van der Waals surface area contributed by atoms with Crippen molar-refractivity contribution in [2.45, 2.75) is 64.2 Å².